The molecule has 0 heterocycles. The van der Waals surface area contributed by atoms with Crippen LogP contribution in [0.3, 0.4) is 0 Å². The van der Waals surface area contributed by atoms with Crippen molar-refractivity contribution in [2.45, 2.75) is 257 Å². The van der Waals surface area contributed by atoms with Crippen LogP contribution in [0.5, 0.6) is 0 Å². The first-order valence-corrected chi connectivity index (χ1v) is 35.6. The maximum atomic E-state index is 12.9. The van der Waals surface area contributed by atoms with Gasteiger partial charge < -0.3 is 33.3 Å². The van der Waals surface area contributed by atoms with Crippen molar-refractivity contribution in [3.05, 3.63) is 194 Å². The lowest BCUT2D eigenvalue weighted by Gasteiger charge is -2.26. The van der Waals surface area contributed by atoms with Gasteiger partial charge in [0.15, 0.2) is 12.4 Å². The lowest BCUT2D eigenvalue weighted by atomic mass is 10.0. The van der Waals surface area contributed by atoms with Crippen molar-refractivity contribution in [1.29, 1.82) is 0 Å². The van der Waals surface area contributed by atoms with E-state index < -0.39 is 24.3 Å². The van der Waals surface area contributed by atoms with Gasteiger partial charge in [0.05, 0.1) is 40.3 Å². The highest BCUT2D eigenvalue weighted by molar-refractivity contribution is 5.70. The van der Waals surface area contributed by atoms with Crippen LogP contribution < -0.4 is 5.11 Å². The van der Waals surface area contributed by atoms with E-state index >= 15 is 0 Å². The van der Waals surface area contributed by atoms with Gasteiger partial charge in [-0.2, -0.15) is 0 Å². The standard InChI is InChI=1S/C82H129NO8/c1-6-8-10-12-14-16-18-20-22-24-26-28-30-32-34-36-38-39-40-41-43-45-47-49-51-53-55-57-59-61-63-65-67-69-71-73-80(85)91-78(77-90-82(81(86)87)88-75-74-83(3,4)5)76-89-79(84)72-70-68-66-64-62-60-58-56-54-52-50-48-46-44-42-37-35-33-31-29-27-25-23-21-19-17-15-13-11-9-7-2/h8-11,14-17,20-23,26-29,32-35,38-39,41-44,47-50,54,56,78,82H,6-7,12-13,18-19,24-25,30-31,36-37,40,45-46,51-53,55,57-77H2,1-5H3/b10-8-,11-9-,16-14-,17-15-,22-20-,23-21-,28-26-,29-27-,34-32-,35-33-,39-38-,43-41-,44-42-,49-47-,50-48-,56-54-. The topological polar surface area (TPSA) is 111 Å². The molecule has 91 heavy (non-hydrogen) atoms. The van der Waals surface area contributed by atoms with Gasteiger partial charge in [-0.25, -0.2) is 0 Å². The fourth-order valence-electron chi connectivity index (χ4n) is 8.98. The Kier molecular flexibility index (Phi) is 65.5. The van der Waals surface area contributed by atoms with Crippen molar-refractivity contribution in [3.63, 3.8) is 0 Å². The fourth-order valence-corrected chi connectivity index (χ4v) is 8.98. The lowest BCUT2D eigenvalue weighted by molar-refractivity contribution is -0.870. The molecule has 9 heteroatoms. The van der Waals surface area contributed by atoms with E-state index in [2.05, 4.69) is 208 Å². The maximum Gasteiger partial charge on any atom is 0.306 e. The molecule has 0 bridgehead atoms. The number of carboxylic acid groups (broad SMARTS) is 1. The molecule has 0 aliphatic heterocycles. The number of quaternary nitrogens is 1. The SMILES string of the molecule is CC/C=C\C/C=C\C/C=C\C/C=C\C/C=C\C/C=C\C/C=C\C/C=C\CCCCCCCCCCCCC(=O)OC(COC(=O)CCCCCCCC/C=C\C/C=C\C/C=C\C/C=C\C/C=C\C/C=C\C/C=C\C/C=C\CC)COC(OCC[N+](C)(C)C)C(=O)[O-]. The second-order valence-electron chi connectivity index (χ2n) is 24.1. The number of nitrogens with zero attached hydrogens (tertiary/aromatic N) is 1. The van der Waals surface area contributed by atoms with E-state index in [1.807, 2.05) is 21.1 Å². The van der Waals surface area contributed by atoms with E-state index in [1.165, 1.54) is 38.5 Å². The van der Waals surface area contributed by atoms with Crippen molar-refractivity contribution < 1.29 is 42.9 Å². The molecule has 0 amide bonds. The van der Waals surface area contributed by atoms with Gasteiger partial charge in [0.2, 0.25) is 0 Å². The molecule has 2 unspecified atom stereocenters. The van der Waals surface area contributed by atoms with Crippen LogP contribution in [0, 0.1) is 0 Å². The zero-order chi connectivity index (χ0) is 66.1. The van der Waals surface area contributed by atoms with Crippen LogP contribution in [0.25, 0.3) is 0 Å². The Hall–Kier alpha value is -5.87. The zero-order valence-corrected chi connectivity index (χ0v) is 58.1. The fraction of sp³-hybridized carbons (Fsp3) is 0.573. The number of allylic oxidation sites excluding steroid dienone is 32. The van der Waals surface area contributed by atoms with E-state index in [-0.39, 0.29) is 38.6 Å². The second-order valence-corrected chi connectivity index (χ2v) is 24.1. The number of likely N-dealkylation sites (N-methyl/N-ethyl adjacent to an activating group) is 1. The molecular weight excluding hydrogens is 1130 g/mol. The van der Waals surface area contributed by atoms with E-state index in [4.69, 9.17) is 18.9 Å². The van der Waals surface area contributed by atoms with E-state index in [9.17, 15) is 19.5 Å². The highest BCUT2D eigenvalue weighted by atomic mass is 16.7. The Bertz CT molecular complexity index is 2200. The third kappa shape index (κ3) is 71.4. The summed E-state index contributed by atoms with van der Waals surface area (Å²) in [4.78, 5) is 37.5. The van der Waals surface area contributed by atoms with Crippen LogP contribution >= 0.6 is 0 Å². The largest absolute Gasteiger partial charge is 0.545 e. The van der Waals surface area contributed by atoms with E-state index in [0.29, 0.717) is 23.9 Å². The van der Waals surface area contributed by atoms with Crippen LogP contribution in [0.15, 0.2) is 194 Å². The van der Waals surface area contributed by atoms with E-state index in [0.717, 1.165) is 167 Å². The van der Waals surface area contributed by atoms with Crippen molar-refractivity contribution in [2.24, 2.45) is 0 Å². The number of unbranched alkanes of at least 4 members (excludes halogenated alkanes) is 16. The highest BCUT2D eigenvalue weighted by Crippen LogP contribution is 2.15. The third-order valence-corrected chi connectivity index (χ3v) is 14.3. The van der Waals surface area contributed by atoms with Gasteiger partial charge in [0.1, 0.15) is 13.2 Å². The molecule has 0 aromatic carbocycles. The van der Waals surface area contributed by atoms with Crippen LogP contribution in [0.1, 0.15) is 245 Å². The minimum absolute atomic E-state index is 0.133. The van der Waals surface area contributed by atoms with Crippen LogP contribution in [0.4, 0.5) is 0 Å². The van der Waals surface area contributed by atoms with Crippen molar-refractivity contribution in [3.8, 4) is 0 Å². The Morgan fingerprint density at radius 1 is 0.330 bits per heavy atom. The number of aliphatic carboxylic acids is 1. The van der Waals surface area contributed by atoms with Gasteiger partial charge in [-0.1, -0.05) is 285 Å². The van der Waals surface area contributed by atoms with Crippen molar-refractivity contribution >= 4 is 17.9 Å². The Labute approximate surface area is 557 Å². The summed E-state index contributed by atoms with van der Waals surface area (Å²) >= 11 is 0. The zero-order valence-electron chi connectivity index (χ0n) is 58.1. The Morgan fingerprint density at radius 3 is 0.879 bits per heavy atom. The number of carboxylic acids is 1. The maximum absolute atomic E-state index is 12.9. The molecular formula is C82H129NO8. The average molecular weight is 1260 g/mol. The molecule has 0 aromatic heterocycles. The van der Waals surface area contributed by atoms with Crippen LogP contribution in [0.2, 0.25) is 0 Å². The molecule has 0 saturated carbocycles. The molecule has 510 valence electrons. The number of carbonyl (C=O) groups is 3. The number of rotatable bonds is 63. The van der Waals surface area contributed by atoms with Gasteiger partial charge >= 0.3 is 11.9 Å². The number of hydrogen-bond donors (Lipinski definition) is 0. The molecule has 2 atom stereocenters. The monoisotopic (exact) mass is 1260 g/mol. The summed E-state index contributed by atoms with van der Waals surface area (Å²) < 4.78 is 22.8. The third-order valence-electron chi connectivity index (χ3n) is 14.3. The summed E-state index contributed by atoms with van der Waals surface area (Å²) in [6, 6.07) is 0. The summed E-state index contributed by atoms with van der Waals surface area (Å²) in [6.45, 7) is 4.47. The molecule has 0 saturated heterocycles. The first kappa shape index (κ1) is 85.1. The van der Waals surface area contributed by atoms with Crippen LogP contribution in [-0.2, 0) is 33.3 Å². The number of ether oxygens (including phenoxy) is 4. The van der Waals surface area contributed by atoms with Gasteiger partial charge in [-0.15, -0.1) is 0 Å². The van der Waals surface area contributed by atoms with Gasteiger partial charge in [-0.05, 0) is 141 Å². The van der Waals surface area contributed by atoms with Crippen molar-refractivity contribution in [1.82, 2.24) is 0 Å². The first-order chi connectivity index (χ1) is 44.6. The van der Waals surface area contributed by atoms with Gasteiger partial charge in [-0.3, -0.25) is 9.59 Å². The summed E-state index contributed by atoms with van der Waals surface area (Å²) in [6.07, 6.45) is 105. The average Bonchev–Trinajstić information content (AvgIpc) is 3.46. The molecule has 0 radical (unpaired) electrons. The number of esters is 2. The summed E-state index contributed by atoms with van der Waals surface area (Å²) in [5.41, 5.74) is 0. The molecule has 0 fully saturated rings. The molecule has 0 N–H and O–H groups in total. The normalized spacial score (nSPS) is 13.9. The number of hydrogen-bond acceptors (Lipinski definition) is 8. The summed E-state index contributed by atoms with van der Waals surface area (Å²) in [5.74, 6) is -2.33. The minimum atomic E-state index is -1.64. The lowest BCUT2D eigenvalue weighted by Crippen LogP contribution is -2.44. The molecule has 0 spiro atoms. The summed E-state index contributed by atoms with van der Waals surface area (Å²) in [7, 11) is 5.91. The molecule has 0 aromatic rings. The van der Waals surface area contributed by atoms with Crippen LogP contribution in [-0.4, -0.2) is 82.3 Å². The minimum Gasteiger partial charge on any atom is -0.545 e. The summed E-state index contributed by atoms with van der Waals surface area (Å²) in [5, 5.41) is 11.8. The predicted molar refractivity (Wildman–Crippen MR) is 388 cm³/mol. The highest BCUT2D eigenvalue weighted by Gasteiger charge is 2.22. The quantitative estimate of drug-likeness (QED) is 0.0195. The molecule has 0 rings (SSSR count). The molecule has 0 aliphatic rings. The Morgan fingerprint density at radius 2 is 0.593 bits per heavy atom. The van der Waals surface area contributed by atoms with Gasteiger partial charge in [0.25, 0.3) is 0 Å². The smallest absolute Gasteiger partial charge is 0.306 e. The van der Waals surface area contributed by atoms with Gasteiger partial charge in [0, 0.05) is 12.8 Å². The first-order valence-electron chi connectivity index (χ1n) is 35.6. The molecule has 9 nitrogen and oxygen atoms in total. The number of carbonyl (C=O) groups excluding carboxylic acids is 3. The predicted octanol–water partition coefficient (Wildman–Crippen LogP) is 21.2. The van der Waals surface area contributed by atoms with Crippen molar-refractivity contribution in [2.75, 3.05) is 47.5 Å². The second kappa shape index (κ2) is 70.0. The molecule has 0 aliphatic carbocycles. The Balaban J connectivity index is 4.24. The van der Waals surface area contributed by atoms with E-state index in [1.54, 1.807) is 0 Å².